The van der Waals surface area contributed by atoms with Crippen LogP contribution in [-0.4, -0.2) is 95.3 Å². The summed E-state index contributed by atoms with van der Waals surface area (Å²) < 4.78 is 456. The fourth-order valence-electron chi connectivity index (χ4n) is 4.60. The van der Waals surface area contributed by atoms with E-state index in [0.29, 0.717) is 18.2 Å². The van der Waals surface area contributed by atoms with Crippen molar-refractivity contribution in [3.05, 3.63) is 35.4 Å². The third kappa shape index (κ3) is 9.02. The van der Waals surface area contributed by atoms with Crippen molar-refractivity contribution in [2.24, 2.45) is 0 Å². The van der Waals surface area contributed by atoms with Crippen LogP contribution in [-0.2, 0) is 12.8 Å². The van der Waals surface area contributed by atoms with Gasteiger partial charge in [-0.3, -0.25) is 0 Å². The summed E-state index contributed by atoms with van der Waals surface area (Å²) >= 11 is 0. The van der Waals surface area contributed by atoms with Crippen molar-refractivity contribution < 1.29 is 168 Å². The third-order valence-electron chi connectivity index (χ3n) is 8.39. The molecule has 0 fully saturated rings. The van der Waals surface area contributed by atoms with Crippen molar-refractivity contribution in [3.63, 3.8) is 0 Å². The van der Waals surface area contributed by atoms with Crippen molar-refractivity contribution in [2.45, 2.75) is 134 Å². The van der Waals surface area contributed by atoms with Gasteiger partial charge in [0.1, 0.15) is 0 Å². The maximum absolute atomic E-state index is 14.2. The molecule has 0 saturated carbocycles. The van der Waals surface area contributed by atoms with Gasteiger partial charge < -0.3 is 0 Å². The topological polar surface area (TPSA) is 0 Å². The first-order chi connectivity index (χ1) is 26.7. The molecule has 0 aliphatic rings. The summed E-state index contributed by atoms with van der Waals surface area (Å²) in [7, 11) is 0. The van der Waals surface area contributed by atoms with E-state index in [1.54, 1.807) is 0 Å². The van der Waals surface area contributed by atoms with Crippen molar-refractivity contribution in [2.75, 3.05) is 0 Å². The number of hydrogen-bond donors (Lipinski definition) is 0. The van der Waals surface area contributed by atoms with Crippen molar-refractivity contribution in [3.8, 4) is 0 Å². The summed E-state index contributed by atoms with van der Waals surface area (Å²) in [5.41, 5.74) is -1.44. The van der Waals surface area contributed by atoms with E-state index in [1.807, 2.05) is 6.07 Å². The van der Waals surface area contributed by atoms with Gasteiger partial charge in [-0.25, -0.2) is 0 Å². The first-order valence-corrected chi connectivity index (χ1v) is 15.1. The molecule has 0 atom stereocenters. The van der Waals surface area contributed by atoms with Gasteiger partial charge in [-0.2, -0.15) is 185 Å². The Morgan fingerprint density at radius 3 is 0.683 bits per heavy atom. The molecule has 0 aliphatic carbocycles. The molecule has 63 heavy (non-hydrogen) atoms. The Hall–Kier alpha value is -2.56. The summed E-state index contributed by atoms with van der Waals surface area (Å²) in [4.78, 5) is 0. The number of hydrogen-bond acceptors (Lipinski definition) is 0. The van der Waals surface area contributed by atoms with Crippen LogP contribution >= 0.6 is 0 Å². The quantitative estimate of drug-likeness (QED) is 0.0694. The molecule has 0 radical (unpaired) electrons. The van der Waals surface area contributed by atoms with Gasteiger partial charge in [0, 0.05) is 12.8 Å². The molecule has 1 rings (SSSR count). The predicted octanol–water partition coefficient (Wildman–Crippen LogP) is 11.2. The predicted molar refractivity (Wildman–Crippen MR) is 133 cm³/mol. The normalized spacial score (nSPS) is 16.0. The van der Waals surface area contributed by atoms with Crippen LogP contribution in [0.1, 0.15) is 36.8 Å². The summed E-state index contributed by atoms with van der Waals surface area (Å²) in [5.74, 6) is -117. The number of alkyl halides is 34. The van der Waals surface area contributed by atoms with Crippen molar-refractivity contribution in [1.29, 1.82) is 0 Å². The van der Waals surface area contributed by atoms with Crippen LogP contribution in [0.25, 0.3) is 0 Å². The van der Waals surface area contributed by atoms with Crippen LogP contribution < -0.4 is 18.9 Å². The van der Waals surface area contributed by atoms with E-state index in [0.717, 1.165) is 0 Å². The van der Waals surface area contributed by atoms with E-state index < -0.39 is 145 Å². The van der Waals surface area contributed by atoms with Gasteiger partial charge in [-0.15, -0.1) is 0 Å². The molecule has 1 aromatic carbocycles. The Bertz CT molecular complexity index is 1580. The molecule has 0 nitrogen and oxygen atoms in total. The average Bonchev–Trinajstić information content (AvgIpc) is 3.06. The minimum absolute atomic E-state index is 0. The molecule has 0 N–H and O–H groups in total. The molecule has 0 spiro atoms. The molecule has 35 heteroatoms. The first-order valence-electron chi connectivity index (χ1n) is 15.1. The average molecular weight is 1000 g/mol. The molecular formula is C28H15F34Li. The molecular weight excluding hydrogens is 989 g/mol. The van der Waals surface area contributed by atoms with Gasteiger partial charge in [-0.1, -0.05) is 25.7 Å². The zero-order valence-corrected chi connectivity index (χ0v) is 29.3. The molecule has 366 valence electrons. The zero-order chi connectivity index (χ0) is 50.2. The minimum Gasteiger partial charge on any atom is -0.200 e. The Morgan fingerprint density at radius 1 is 0.286 bits per heavy atom. The summed E-state index contributed by atoms with van der Waals surface area (Å²) in [5, 5.41) is 0. The maximum Gasteiger partial charge on any atom is 1.00 e. The fraction of sp³-hybridized carbons (Fsp3) is 0.786. The SMILES string of the molecule is FC(F)(F)C(F)(F)C(F)(F)C(F)(F)C(F)(F)C(F)(F)C(F)(F)C(F)(F)CCCc1c[c-]cc(CCCC(F)(F)C(F)(F)C(F)(F)C(F)(F)C(F)(F)C(F)(F)C(F)(F)C(F)(F)F)c1.[Li+]. The molecule has 0 aromatic heterocycles. The summed E-state index contributed by atoms with van der Waals surface area (Å²) in [6.07, 6.45) is -28.2. The third-order valence-corrected chi connectivity index (χ3v) is 8.39. The van der Waals surface area contributed by atoms with Gasteiger partial charge in [-0.05, 0) is 0 Å². The second-order valence-electron chi connectivity index (χ2n) is 12.8. The van der Waals surface area contributed by atoms with E-state index in [2.05, 4.69) is 0 Å². The largest absolute Gasteiger partial charge is 1.00 e. The smallest absolute Gasteiger partial charge is 0.200 e. The summed E-state index contributed by atoms with van der Waals surface area (Å²) in [6, 6.07) is 3.32. The molecule has 0 amide bonds. The Kier molecular flexibility index (Phi) is 16.3. The van der Waals surface area contributed by atoms with Crippen LogP contribution in [0.15, 0.2) is 18.2 Å². The molecule has 0 aliphatic heterocycles. The molecule has 1 aromatic rings. The molecule has 0 heterocycles. The van der Waals surface area contributed by atoms with Gasteiger partial charge in [0.25, 0.3) is 0 Å². The number of benzene rings is 1. The summed E-state index contributed by atoms with van der Waals surface area (Å²) in [6.45, 7) is 0. The van der Waals surface area contributed by atoms with Crippen LogP contribution in [0.5, 0.6) is 0 Å². The van der Waals surface area contributed by atoms with Gasteiger partial charge in [0.05, 0.1) is 0 Å². The van der Waals surface area contributed by atoms with Crippen LogP contribution in [0.4, 0.5) is 149 Å². The van der Waals surface area contributed by atoms with E-state index in [-0.39, 0.29) is 18.9 Å². The Labute approximate surface area is 337 Å². The number of aryl methyl sites for hydroxylation is 2. The van der Waals surface area contributed by atoms with Crippen LogP contribution in [0.2, 0.25) is 0 Å². The fourth-order valence-corrected chi connectivity index (χ4v) is 4.60. The second kappa shape index (κ2) is 16.9. The molecule has 0 saturated heterocycles. The second-order valence-corrected chi connectivity index (χ2v) is 12.8. The van der Waals surface area contributed by atoms with Crippen LogP contribution in [0, 0.1) is 6.07 Å². The van der Waals surface area contributed by atoms with Crippen molar-refractivity contribution >= 4 is 0 Å². The van der Waals surface area contributed by atoms with E-state index in [4.69, 9.17) is 0 Å². The Balaban J connectivity index is 0.0000384. The standard InChI is InChI=1S/C28H15F34.Li/c29-13(30,15(33,34)17(37,38)19(41,42)21(45,46)23(49,50)25(53,54)27(57,58)59)8-2-6-11-4-1-5-12(10-11)7-3-9-14(31,32)16(35,36)18(39,40)20(43,44)22(47,48)24(51,52)26(55,56)28(60,61)62;/h4-5,10H,2-3,6-9H2;/q-1;+1. The van der Waals surface area contributed by atoms with Crippen LogP contribution in [0.3, 0.4) is 0 Å². The van der Waals surface area contributed by atoms with E-state index in [9.17, 15) is 149 Å². The zero-order valence-electron chi connectivity index (χ0n) is 29.3. The van der Waals surface area contributed by atoms with Gasteiger partial charge in [0.15, 0.2) is 0 Å². The maximum atomic E-state index is 14.2. The van der Waals surface area contributed by atoms with Gasteiger partial charge in [0.2, 0.25) is 0 Å². The number of rotatable bonds is 20. The van der Waals surface area contributed by atoms with Crippen molar-refractivity contribution in [1.82, 2.24) is 0 Å². The molecule has 0 bridgehead atoms. The van der Waals surface area contributed by atoms with E-state index >= 15 is 0 Å². The Morgan fingerprint density at radius 2 is 0.476 bits per heavy atom. The monoisotopic (exact) mass is 1000 g/mol. The number of halogens is 34. The van der Waals surface area contributed by atoms with E-state index in [1.165, 1.54) is 0 Å². The molecule has 0 unspecified atom stereocenters. The minimum atomic E-state index is -8.91. The first kappa shape index (κ1) is 60.4. The van der Waals surface area contributed by atoms with Gasteiger partial charge >= 0.3 is 114 Å².